The van der Waals surface area contributed by atoms with Crippen LogP contribution in [0.4, 0.5) is 11.5 Å². The Labute approximate surface area is 156 Å². The maximum Gasteiger partial charge on any atom is 0.257 e. The van der Waals surface area contributed by atoms with E-state index < -0.39 is 0 Å². The topological polar surface area (TPSA) is 76.1 Å². The molecule has 2 heterocycles. The fourth-order valence-electron chi connectivity index (χ4n) is 2.29. The van der Waals surface area contributed by atoms with Gasteiger partial charge < -0.3 is 15.4 Å². The van der Waals surface area contributed by atoms with Crippen molar-refractivity contribution in [3.8, 4) is 5.75 Å². The number of methoxy groups -OCH3 is 1. The average Bonchev–Trinajstić information content (AvgIpc) is 2.68. The zero-order valence-corrected chi connectivity index (χ0v) is 14.8. The van der Waals surface area contributed by atoms with Gasteiger partial charge in [0.25, 0.3) is 5.91 Å². The lowest BCUT2D eigenvalue weighted by Gasteiger charge is -2.11. The van der Waals surface area contributed by atoms with E-state index in [1.807, 2.05) is 18.2 Å². The van der Waals surface area contributed by atoms with Crippen LogP contribution in [0.3, 0.4) is 0 Å². The standard InChI is InChI=1S/C19H17ClN4O2/c1-26-17-7-6-14(20)10-16(17)24-19(25)13-5-8-18(22-11-13)23-12-15-4-2-3-9-21-15/h2-11H,12H2,1H3,(H,22,23)(H,24,25). The minimum Gasteiger partial charge on any atom is -0.495 e. The fourth-order valence-corrected chi connectivity index (χ4v) is 2.46. The summed E-state index contributed by atoms with van der Waals surface area (Å²) in [6.45, 7) is 0.555. The van der Waals surface area contributed by atoms with Crippen molar-refractivity contribution >= 4 is 29.0 Å². The van der Waals surface area contributed by atoms with Crippen molar-refractivity contribution in [1.82, 2.24) is 9.97 Å². The molecule has 0 saturated heterocycles. The third kappa shape index (κ3) is 4.49. The van der Waals surface area contributed by atoms with E-state index in [1.54, 1.807) is 36.5 Å². The minimum atomic E-state index is -0.297. The summed E-state index contributed by atoms with van der Waals surface area (Å²) in [5, 5.41) is 6.44. The van der Waals surface area contributed by atoms with Crippen LogP contribution in [-0.4, -0.2) is 23.0 Å². The number of rotatable bonds is 6. The summed E-state index contributed by atoms with van der Waals surface area (Å²) >= 11 is 5.98. The summed E-state index contributed by atoms with van der Waals surface area (Å²) in [6, 6.07) is 14.2. The Balaban J connectivity index is 1.64. The predicted octanol–water partition coefficient (Wildman–Crippen LogP) is 4.00. The quantitative estimate of drug-likeness (QED) is 0.687. The van der Waals surface area contributed by atoms with Crippen molar-refractivity contribution in [1.29, 1.82) is 0 Å². The number of nitrogens with zero attached hydrogens (tertiary/aromatic N) is 2. The van der Waals surface area contributed by atoms with E-state index in [4.69, 9.17) is 16.3 Å². The number of anilines is 2. The van der Waals surface area contributed by atoms with Crippen molar-refractivity contribution in [2.24, 2.45) is 0 Å². The summed E-state index contributed by atoms with van der Waals surface area (Å²) < 4.78 is 5.23. The highest BCUT2D eigenvalue weighted by atomic mass is 35.5. The van der Waals surface area contributed by atoms with E-state index in [0.29, 0.717) is 34.4 Å². The van der Waals surface area contributed by atoms with Crippen molar-refractivity contribution in [2.75, 3.05) is 17.7 Å². The van der Waals surface area contributed by atoms with Gasteiger partial charge in [-0.25, -0.2) is 4.98 Å². The lowest BCUT2D eigenvalue weighted by Crippen LogP contribution is -2.13. The van der Waals surface area contributed by atoms with E-state index in [9.17, 15) is 4.79 Å². The molecule has 1 amide bonds. The Bertz CT molecular complexity index is 886. The van der Waals surface area contributed by atoms with Crippen LogP contribution < -0.4 is 15.4 Å². The molecule has 2 aromatic heterocycles. The molecule has 132 valence electrons. The first-order chi connectivity index (χ1) is 12.7. The van der Waals surface area contributed by atoms with Gasteiger partial charge in [-0.15, -0.1) is 0 Å². The van der Waals surface area contributed by atoms with E-state index in [2.05, 4.69) is 20.6 Å². The van der Waals surface area contributed by atoms with Gasteiger partial charge in [-0.2, -0.15) is 0 Å². The molecule has 7 heteroatoms. The van der Waals surface area contributed by atoms with Crippen LogP contribution in [0.15, 0.2) is 60.9 Å². The molecular formula is C19H17ClN4O2. The van der Waals surface area contributed by atoms with Gasteiger partial charge in [0.1, 0.15) is 11.6 Å². The molecule has 1 aromatic carbocycles. The molecule has 0 aliphatic carbocycles. The number of carbonyl (C=O) groups is 1. The van der Waals surface area contributed by atoms with Crippen LogP contribution in [0, 0.1) is 0 Å². The normalized spacial score (nSPS) is 10.2. The van der Waals surface area contributed by atoms with Gasteiger partial charge in [0.2, 0.25) is 0 Å². The minimum absolute atomic E-state index is 0.297. The van der Waals surface area contributed by atoms with Crippen LogP contribution in [0.5, 0.6) is 5.75 Å². The number of nitrogens with one attached hydrogen (secondary N) is 2. The molecule has 3 aromatic rings. The SMILES string of the molecule is COc1ccc(Cl)cc1NC(=O)c1ccc(NCc2ccccn2)nc1. The second kappa shape index (κ2) is 8.31. The number of benzene rings is 1. The van der Waals surface area contributed by atoms with Crippen LogP contribution in [-0.2, 0) is 6.54 Å². The van der Waals surface area contributed by atoms with Gasteiger partial charge in [0, 0.05) is 17.4 Å². The van der Waals surface area contributed by atoms with E-state index >= 15 is 0 Å². The number of amides is 1. The smallest absolute Gasteiger partial charge is 0.257 e. The fraction of sp³-hybridized carbons (Fsp3) is 0.105. The number of hydrogen-bond acceptors (Lipinski definition) is 5. The first-order valence-electron chi connectivity index (χ1n) is 7.90. The van der Waals surface area contributed by atoms with E-state index in [-0.39, 0.29) is 5.91 Å². The van der Waals surface area contributed by atoms with Gasteiger partial charge in [0.15, 0.2) is 0 Å². The Kier molecular flexibility index (Phi) is 5.66. The summed E-state index contributed by atoms with van der Waals surface area (Å²) in [5.74, 6) is 0.895. The first kappa shape index (κ1) is 17.7. The van der Waals surface area contributed by atoms with Crippen molar-refractivity contribution in [3.05, 3.63) is 77.2 Å². The Morgan fingerprint density at radius 3 is 2.73 bits per heavy atom. The monoisotopic (exact) mass is 368 g/mol. The van der Waals surface area contributed by atoms with E-state index in [0.717, 1.165) is 5.69 Å². The number of halogens is 1. The molecule has 0 atom stereocenters. The molecule has 0 saturated carbocycles. The third-order valence-electron chi connectivity index (χ3n) is 3.61. The highest BCUT2D eigenvalue weighted by Gasteiger charge is 2.11. The van der Waals surface area contributed by atoms with Crippen molar-refractivity contribution in [2.45, 2.75) is 6.54 Å². The molecule has 0 aliphatic rings. The highest BCUT2D eigenvalue weighted by molar-refractivity contribution is 6.31. The van der Waals surface area contributed by atoms with Gasteiger partial charge >= 0.3 is 0 Å². The van der Waals surface area contributed by atoms with Crippen LogP contribution >= 0.6 is 11.6 Å². The predicted molar refractivity (Wildman–Crippen MR) is 102 cm³/mol. The number of hydrogen-bond donors (Lipinski definition) is 2. The maximum atomic E-state index is 12.4. The second-order valence-corrected chi connectivity index (χ2v) is 5.84. The second-order valence-electron chi connectivity index (χ2n) is 5.41. The van der Waals surface area contributed by atoms with Crippen LogP contribution in [0.2, 0.25) is 5.02 Å². The molecule has 3 rings (SSSR count). The summed E-state index contributed by atoms with van der Waals surface area (Å²) in [4.78, 5) is 20.9. The van der Waals surface area contributed by atoms with Gasteiger partial charge in [-0.05, 0) is 42.5 Å². The third-order valence-corrected chi connectivity index (χ3v) is 3.85. The highest BCUT2D eigenvalue weighted by Crippen LogP contribution is 2.28. The van der Waals surface area contributed by atoms with Crippen molar-refractivity contribution in [3.63, 3.8) is 0 Å². The maximum absolute atomic E-state index is 12.4. The first-order valence-corrected chi connectivity index (χ1v) is 8.28. The van der Waals surface area contributed by atoms with E-state index in [1.165, 1.54) is 13.3 Å². The van der Waals surface area contributed by atoms with Gasteiger partial charge in [-0.1, -0.05) is 17.7 Å². The molecule has 26 heavy (non-hydrogen) atoms. The average molecular weight is 369 g/mol. The zero-order valence-electron chi connectivity index (χ0n) is 14.1. The molecule has 0 spiro atoms. The Hall–Kier alpha value is -3.12. The molecular weight excluding hydrogens is 352 g/mol. The summed E-state index contributed by atoms with van der Waals surface area (Å²) in [6.07, 6.45) is 3.25. The summed E-state index contributed by atoms with van der Waals surface area (Å²) in [5.41, 5.74) is 1.84. The van der Waals surface area contributed by atoms with Crippen LogP contribution in [0.25, 0.3) is 0 Å². The van der Waals surface area contributed by atoms with Gasteiger partial charge in [-0.3, -0.25) is 9.78 Å². The largest absolute Gasteiger partial charge is 0.495 e. The number of pyridine rings is 2. The molecule has 0 bridgehead atoms. The van der Waals surface area contributed by atoms with Gasteiger partial charge in [0.05, 0.1) is 30.6 Å². The molecule has 0 fully saturated rings. The molecule has 0 radical (unpaired) electrons. The molecule has 2 N–H and O–H groups in total. The zero-order chi connectivity index (χ0) is 18.4. The lowest BCUT2D eigenvalue weighted by molar-refractivity contribution is 0.102. The Morgan fingerprint density at radius 1 is 1.15 bits per heavy atom. The summed E-state index contributed by atoms with van der Waals surface area (Å²) in [7, 11) is 1.53. The number of carbonyl (C=O) groups excluding carboxylic acids is 1. The molecule has 0 unspecified atom stereocenters. The van der Waals surface area contributed by atoms with Crippen LogP contribution in [0.1, 0.15) is 16.1 Å². The lowest BCUT2D eigenvalue weighted by atomic mass is 10.2. The molecule has 0 aliphatic heterocycles. The molecule has 6 nitrogen and oxygen atoms in total. The number of ether oxygens (including phenoxy) is 1. The Morgan fingerprint density at radius 2 is 2.04 bits per heavy atom. The number of aromatic nitrogens is 2. The van der Waals surface area contributed by atoms with Crippen molar-refractivity contribution < 1.29 is 9.53 Å².